The van der Waals surface area contributed by atoms with Gasteiger partial charge in [0.25, 0.3) is 5.91 Å². The molecule has 5 nitrogen and oxygen atoms in total. The van der Waals surface area contributed by atoms with Gasteiger partial charge in [-0.2, -0.15) is 0 Å². The van der Waals surface area contributed by atoms with Gasteiger partial charge in [-0.15, -0.1) is 11.3 Å². The lowest BCUT2D eigenvalue weighted by Gasteiger charge is -2.35. The zero-order valence-corrected chi connectivity index (χ0v) is 15.2. The zero-order chi connectivity index (χ0) is 17.8. The van der Waals surface area contributed by atoms with Crippen molar-refractivity contribution in [1.29, 1.82) is 0 Å². The first-order valence-corrected chi connectivity index (χ1v) is 9.54. The van der Waals surface area contributed by atoms with Crippen molar-refractivity contribution in [2.45, 2.75) is 0 Å². The van der Waals surface area contributed by atoms with Crippen LogP contribution < -0.4 is 10.2 Å². The Balaban J connectivity index is 1.37. The topological polar surface area (TPSA) is 48.5 Å². The summed E-state index contributed by atoms with van der Waals surface area (Å²) in [5, 5.41) is 5.81. The van der Waals surface area contributed by atoms with Gasteiger partial charge in [0.15, 0.2) is 5.13 Å². The summed E-state index contributed by atoms with van der Waals surface area (Å²) in [5.74, 6) is 0.00933. The maximum atomic E-state index is 12.7. The van der Waals surface area contributed by atoms with Gasteiger partial charge < -0.3 is 15.1 Å². The SMILES string of the molecule is O=C(c1csc(Nc2ccccc2)n1)N1CCN(c2ccccc2)CC1. The number of anilines is 3. The van der Waals surface area contributed by atoms with Crippen LogP contribution in [0.2, 0.25) is 0 Å². The highest BCUT2D eigenvalue weighted by Crippen LogP contribution is 2.22. The number of para-hydroxylation sites is 2. The molecule has 0 radical (unpaired) electrons. The van der Waals surface area contributed by atoms with E-state index in [1.54, 1.807) is 0 Å². The summed E-state index contributed by atoms with van der Waals surface area (Å²) in [7, 11) is 0. The number of carbonyl (C=O) groups is 1. The second-order valence-electron chi connectivity index (χ2n) is 6.14. The van der Waals surface area contributed by atoms with E-state index in [9.17, 15) is 4.79 Å². The van der Waals surface area contributed by atoms with Gasteiger partial charge in [-0.05, 0) is 24.3 Å². The number of hydrogen-bond donors (Lipinski definition) is 1. The Bertz CT molecular complexity index is 858. The van der Waals surface area contributed by atoms with E-state index in [0.717, 1.165) is 23.9 Å². The molecule has 6 heteroatoms. The minimum atomic E-state index is 0.00933. The Labute approximate surface area is 156 Å². The Morgan fingerprint density at radius 2 is 1.58 bits per heavy atom. The van der Waals surface area contributed by atoms with Crippen molar-refractivity contribution >= 4 is 33.8 Å². The van der Waals surface area contributed by atoms with E-state index in [0.29, 0.717) is 18.8 Å². The molecule has 2 heterocycles. The number of carbonyl (C=O) groups excluding carboxylic acids is 1. The molecule has 1 aliphatic heterocycles. The zero-order valence-electron chi connectivity index (χ0n) is 14.3. The lowest BCUT2D eigenvalue weighted by atomic mass is 10.2. The Kier molecular flexibility index (Phi) is 4.84. The van der Waals surface area contributed by atoms with E-state index >= 15 is 0 Å². The standard InChI is InChI=1S/C20H20N4OS/c25-19(18-15-26-20(22-18)21-16-7-3-1-4-8-16)24-13-11-23(12-14-24)17-9-5-2-6-10-17/h1-10,15H,11-14H2,(H,21,22). The quantitative estimate of drug-likeness (QED) is 0.764. The molecule has 0 bridgehead atoms. The van der Waals surface area contributed by atoms with Gasteiger partial charge in [0.2, 0.25) is 0 Å². The maximum absolute atomic E-state index is 12.7. The molecule has 1 N–H and O–H groups in total. The average Bonchev–Trinajstić information content (AvgIpc) is 3.17. The fourth-order valence-electron chi connectivity index (χ4n) is 3.04. The van der Waals surface area contributed by atoms with Gasteiger partial charge in [-0.3, -0.25) is 4.79 Å². The van der Waals surface area contributed by atoms with Crippen molar-refractivity contribution in [3.8, 4) is 0 Å². The van der Waals surface area contributed by atoms with Crippen LogP contribution in [-0.4, -0.2) is 42.0 Å². The van der Waals surface area contributed by atoms with Gasteiger partial charge >= 0.3 is 0 Å². The number of nitrogens with zero attached hydrogens (tertiary/aromatic N) is 3. The van der Waals surface area contributed by atoms with Crippen molar-refractivity contribution < 1.29 is 4.79 Å². The number of aromatic nitrogens is 1. The van der Waals surface area contributed by atoms with Crippen molar-refractivity contribution in [3.63, 3.8) is 0 Å². The molecule has 3 aromatic rings. The highest BCUT2D eigenvalue weighted by Gasteiger charge is 2.24. The summed E-state index contributed by atoms with van der Waals surface area (Å²) in [6.45, 7) is 3.11. The smallest absolute Gasteiger partial charge is 0.273 e. The molecular formula is C20H20N4OS. The molecule has 1 amide bonds. The van der Waals surface area contributed by atoms with Gasteiger partial charge in [0.05, 0.1) is 0 Å². The molecule has 2 aromatic carbocycles. The van der Waals surface area contributed by atoms with Gasteiger partial charge in [-0.1, -0.05) is 36.4 Å². The molecule has 1 aromatic heterocycles. The molecule has 1 aliphatic rings. The van der Waals surface area contributed by atoms with Crippen LogP contribution in [-0.2, 0) is 0 Å². The van der Waals surface area contributed by atoms with Crippen molar-refractivity contribution in [3.05, 3.63) is 71.7 Å². The summed E-state index contributed by atoms with van der Waals surface area (Å²) < 4.78 is 0. The number of rotatable bonds is 4. The Morgan fingerprint density at radius 3 is 2.27 bits per heavy atom. The van der Waals surface area contributed by atoms with Crippen LogP contribution in [0.1, 0.15) is 10.5 Å². The van der Waals surface area contributed by atoms with E-state index in [1.807, 2.05) is 58.8 Å². The first-order valence-electron chi connectivity index (χ1n) is 8.66. The van der Waals surface area contributed by atoms with Crippen molar-refractivity contribution in [2.24, 2.45) is 0 Å². The van der Waals surface area contributed by atoms with E-state index < -0.39 is 0 Å². The molecule has 0 unspecified atom stereocenters. The summed E-state index contributed by atoms with van der Waals surface area (Å²) >= 11 is 1.45. The van der Waals surface area contributed by atoms with Gasteiger partial charge in [-0.25, -0.2) is 4.98 Å². The minimum absolute atomic E-state index is 0.00933. The van der Waals surface area contributed by atoms with Gasteiger partial charge in [0, 0.05) is 42.9 Å². The predicted octanol–water partition coefficient (Wildman–Crippen LogP) is 3.85. The van der Waals surface area contributed by atoms with E-state index in [1.165, 1.54) is 17.0 Å². The van der Waals surface area contributed by atoms with Crippen LogP contribution in [0.25, 0.3) is 0 Å². The number of piperazine rings is 1. The normalized spacial score (nSPS) is 14.3. The van der Waals surface area contributed by atoms with Crippen molar-refractivity contribution in [1.82, 2.24) is 9.88 Å². The fourth-order valence-corrected chi connectivity index (χ4v) is 3.75. The highest BCUT2D eigenvalue weighted by atomic mass is 32.1. The molecule has 132 valence electrons. The third-order valence-electron chi connectivity index (χ3n) is 4.44. The summed E-state index contributed by atoms with van der Waals surface area (Å²) in [5.41, 5.74) is 2.70. The van der Waals surface area contributed by atoms with Crippen LogP contribution in [0, 0.1) is 0 Å². The molecule has 26 heavy (non-hydrogen) atoms. The fraction of sp³-hybridized carbons (Fsp3) is 0.200. The van der Waals surface area contributed by atoms with Crippen LogP contribution >= 0.6 is 11.3 Å². The summed E-state index contributed by atoms with van der Waals surface area (Å²) in [6, 6.07) is 20.2. The predicted molar refractivity (Wildman–Crippen MR) is 106 cm³/mol. The number of benzene rings is 2. The molecule has 0 saturated carbocycles. The first kappa shape index (κ1) is 16.6. The van der Waals surface area contributed by atoms with E-state index in [4.69, 9.17) is 0 Å². The van der Waals surface area contributed by atoms with Crippen molar-refractivity contribution in [2.75, 3.05) is 36.4 Å². The molecule has 0 atom stereocenters. The lowest BCUT2D eigenvalue weighted by Crippen LogP contribution is -2.48. The number of thiazole rings is 1. The molecule has 4 rings (SSSR count). The number of amides is 1. The highest BCUT2D eigenvalue weighted by molar-refractivity contribution is 7.14. The lowest BCUT2D eigenvalue weighted by molar-refractivity contribution is 0.0742. The van der Waals surface area contributed by atoms with Crippen LogP contribution in [0.15, 0.2) is 66.0 Å². The second-order valence-corrected chi connectivity index (χ2v) is 7.00. The molecule has 0 aliphatic carbocycles. The second kappa shape index (κ2) is 7.58. The minimum Gasteiger partial charge on any atom is -0.368 e. The van der Waals surface area contributed by atoms with Crippen LogP contribution in [0.3, 0.4) is 0 Å². The molecule has 0 spiro atoms. The average molecular weight is 364 g/mol. The largest absolute Gasteiger partial charge is 0.368 e. The Morgan fingerprint density at radius 1 is 0.923 bits per heavy atom. The maximum Gasteiger partial charge on any atom is 0.273 e. The van der Waals surface area contributed by atoms with Crippen LogP contribution in [0.4, 0.5) is 16.5 Å². The van der Waals surface area contributed by atoms with E-state index in [2.05, 4.69) is 27.3 Å². The number of nitrogens with one attached hydrogen (secondary N) is 1. The third kappa shape index (κ3) is 3.70. The van der Waals surface area contributed by atoms with Crippen LogP contribution in [0.5, 0.6) is 0 Å². The molecule has 1 fully saturated rings. The monoisotopic (exact) mass is 364 g/mol. The van der Waals surface area contributed by atoms with Gasteiger partial charge in [0.1, 0.15) is 5.69 Å². The third-order valence-corrected chi connectivity index (χ3v) is 5.19. The Hall–Kier alpha value is -2.86. The molecule has 1 saturated heterocycles. The van der Waals surface area contributed by atoms with E-state index in [-0.39, 0.29) is 5.91 Å². The number of hydrogen-bond acceptors (Lipinski definition) is 5. The summed E-state index contributed by atoms with van der Waals surface area (Å²) in [6.07, 6.45) is 0. The first-order chi connectivity index (χ1) is 12.8. The molecular weight excluding hydrogens is 344 g/mol. The summed E-state index contributed by atoms with van der Waals surface area (Å²) in [4.78, 5) is 21.4.